The van der Waals surface area contributed by atoms with Crippen LogP contribution >= 0.6 is 0 Å². The third kappa shape index (κ3) is 4.04. The summed E-state index contributed by atoms with van der Waals surface area (Å²) in [5.41, 5.74) is 8.30. The number of nitrogen functional groups attached to an aromatic ring is 1. The number of anilines is 2. The van der Waals surface area contributed by atoms with E-state index in [9.17, 15) is 13.6 Å². The lowest BCUT2D eigenvalue weighted by Crippen LogP contribution is -2.37. The van der Waals surface area contributed by atoms with Gasteiger partial charge < -0.3 is 20.7 Å². The molecule has 1 saturated heterocycles. The van der Waals surface area contributed by atoms with E-state index in [2.05, 4.69) is 10.1 Å². The van der Waals surface area contributed by atoms with Crippen LogP contribution < -0.4 is 20.7 Å². The van der Waals surface area contributed by atoms with Gasteiger partial charge in [0.1, 0.15) is 5.75 Å². The third-order valence-electron chi connectivity index (χ3n) is 4.45. The molecule has 3 rings (SSSR count). The Balaban J connectivity index is 1.68. The smallest absolute Gasteiger partial charge is 0.387 e. The molecule has 0 aliphatic carbocycles. The van der Waals surface area contributed by atoms with Crippen molar-refractivity contribution in [1.82, 2.24) is 5.32 Å². The molecule has 0 saturated carbocycles. The largest absolute Gasteiger partial charge is 0.433 e. The highest BCUT2D eigenvalue weighted by molar-refractivity contribution is 5.96. The molecule has 1 fully saturated rings. The monoisotopic (exact) mass is 361 g/mol. The number of hydrogen-bond donors (Lipinski definition) is 2. The van der Waals surface area contributed by atoms with Gasteiger partial charge in [-0.25, -0.2) is 0 Å². The van der Waals surface area contributed by atoms with Gasteiger partial charge in [-0.1, -0.05) is 18.2 Å². The minimum atomic E-state index is -2.87. The van der Waals surface area contributed by atoms with Gasteiger partial charge in [-0.2, -0.15) is 8.78 Å². The van der Waals surface area contributed by atoms with Crippen LogP contribution in [0.25, 0.3) is 0 Å². The molecule has 1 aliphatic heterocycles. The number of rotatable bonds is 5. The average Bonchev–Trinajstić information content (AvgIpc) is 3.05. The number of nitrogens with two attached hydrogens (primary N) is 1. The van der Waals surface area contributed by atoms with Gasteiger partial charge in [-0.05, 0) is 43.2 Å². The summed E-state index contributed by atoms with van der Waals surface area (Å²) in [6.45, 7) is 0.148. The number of carbonyl (C=O) groups is 1. The zero-order valence-electron chi connectivity index (χ0n) is 14.4. The minimum Gasteiger partial charge on any atom is -0.433 e. The van der Waals surface area contributed by atoms with E-state index in [1.54, 1.807) is 30.3 Å². The Bertz CT molecular complexity index is 798. The number of benzene rings is 2. The summed E-state index contributed by atoms with van der Waals surface area (Å²) in [7, 11) is 0. The van der Waals surface area contributed by atoms with Crippen LogP contribution in [0, 0.1) is 6.92 Å². The summed E-state index contributed by atoms with van der Waals surface area (Å²) in [6.07, 6.45) is 0.718. The number of para-hydroxylation sites is 2. The van der Waals surface area contributed by atoms with Crippen molar-refractivity contribution in [3.05, 3.63) is 53.6 Å². The van der Waals surface area contributed by atoms with E-state index in [-0.39, 0.29) is 17.7 Å². The molecule has 2 aromatic rings. The van der Waals surface area contributed by atoms with Crippen molar-refractivity contribution in [2.75, 3.05) is 23.7 Å². The Hall–Kier alpha value is -2.83. The van der Waals surface area contributed by atoms with Crippen molar-refractivity contribution in [1.29, 1.82) is 0 Å². The second kappa shape index (κ2) is 7.59. The first kappa shape index (κ1) is 18.0. The van der Waals surface area contributed by atoms with Crippen LogP contribution in [0.1, 0.15) is 22.3 Å². The number of nitrogens with zero attached hydrogens (tertiary/aromatic N) is 1. The standard InChI is InChI=1S/C19H21F2N3O2/c1-12-6-7-13(22)10-15(12)18(25)23-14-8-9-24(11-14)16-4-2-3-5-17(16)26-19(20)21/h2-7,10,14,19H,8-9,11,22H2,1H3,(H,23,25). The molecule has 1 heterocycles. The van der Waals surface area contributed by atoms with E-state index in [0.717, 1.165) is 12.0 Å². The highest BCUT2D eigenvalue weighted by Gasteiger charge is 2.27. The number of halogens is 2. The van der Waals surface area contributed by atoms with E-state index < -0.39 is 6.61 Å². The number of nitrogens with one attached hydrogen (secondary N) is 1. The van der Waals surface area contributed by atoms with Gasteiger partial charge in [-0.15, -0.1) is 0 Å². The quantitative estimate of drug-likeness (QED) is 0.803. The van der Waals surface area contributed by atoms with Crippen molar-refractivity contribution >= 4 is 17.3 Å². The molecule has 1 aliphatic rings. The van der Waals surface area contributed by atoms with Crippen LogP contribution in [0.15, 0.2) is 42.5 Å². The topological polar surface area (TPSA) is 67.6 Å². The van der Waals surface area contributed by atoms with Crippen LogP contribution in [-0.4, -0.2) is 31.7 Å². The summed E-state index contributed by atoms with van der Waals surface area (Å²) in [5, 5.41) is 3.00. The predicted octanol–water partition coefficient (Wildman–Crippen LogP) is 3.19. The molecule has 26 heavy (non-hydrogen) atoms. The Morgan fingerprint density at radius 2 is 2.08 bits per heavy atom. The van der Waals surface area contributed by atoms with Crippen LogP contribution in [0.2, 0.25) is 0 Å². The highest BCUT2D eigenvalue weighted by Crippen LogP contribution is 2.31. The number of alkyl halides is 2. The maximum absolute atomic E-state index is 12.6. The molecule has 0 bridgehead atoms. The summed E-state index contributed by atoms with van der Waals surface area (Å²) in [6, 6.07) is 11.8. The first-order valence-corrected chi connectivity index (χ1v) is 8.40. The lowest BCUT2D eigenvalue weighted by molar-refractivity contribution is -0.0495. The number of aryl methyl sites for hydroxylation is 1. The molecule has 5 nitrogen and oxygen atoms in total. The summed E-state index contributed by atoms with van der Waals surface area (Å²) < 4.78 is 29.8. The second-order valence-corrected chi connectivity index (χ2v) is 6.33. The predicted molar refractivity (Wildman–Crippen MR) is 96.7 cm³/mol. The van der Waals surface area contributed by atoms with E-state index in [0.29, 0.717) is 30.0 Å². The molecular weight excluding hydrogens is 340 g/mol. The first-order chi connectivity index (χ1) is 12.4. The molecule has 0 aromatic heterocycles. The first-order valence-electron chi connectivity index (χ1n) is 8.40. The minimum absolute atomic E-state index is 0.0806. The molecular formula is C19H21F2N3O2. The second-order valence-electron chi connectivity index (χ2n) is 6.33. The van der Waals surface area contributed by atoms with Gasteiger partial charge in [0.25, 0.3) is 5.91 Å². The van der Waals surface area contributed by atoms with Gasteiger partial charge >= 0.3 is 6.61 Å². The Kier molecular flexibility index (Phi) is 5.25. The van der Waals surface area contributed by atoms with Crippen molar-refractivity contribution in [3.63, 3.8) is 0 Å². The van der Waals surface area contributed by atoms with E-state index in [4.69, 9.17) is 5.73 Å². The fourth-order valence-corrected chi connectivity index (χ4v) is 3.16. The zero-order valence-corrected chi connectivity index (χ0v) is 14.4. The number of carbonyl (C=O) groups excluding carboxylic acids is 1. The van der Waals surface area contributed by atoms with Crippen molar-refractivity contribution < 1.29 is 18.3 Å². The van der Waals surface area contributed by atoms with Crippen molar-refractivity contribution in [3.8, 4) is 5.75 Å². The molecule has 0 spiro atoms. The fraction of sp³-hybridized carbons (Fsp3) is 0.316. The van der Waals surface area contributed by atoms with E-state index >= 15 is 0 Å². The van der Waals surface area contributed by atoms with Gasteiger partial charge in [0.2, 0.25) is 0 Å². The normalized spacial score (nSPS) is 16.8. The van der Waals surface area contributed by atoms with Gasteiger partial charge in [-0.3, -0.25) is 4.79 Å². The molecule has 1 atom stereocenters. The maximum atomic E-state index is 12.6. The van der Waals surface area contributed by atoms with Gasteiger partial charge in [0.05, 0.1) is 5.69 Å². The van der Waals surface area contributed by atoms with Crippen LogP contribution in [-0.2, 0) is 0 Å². The lowest BCUT2D eigenvalue weighted by Gasteiger charge is -2.22. The molecule has 138 valence electrons. The Morgan fingerprint density at radius 3 is 2.85 bits per heavy atom. The van der Waals surface area contributed by atoms with Gasteiger partial charge in [0.15, 0.2) is 0 Å². The summed E-state index contributed by atoms with van der Waals surface area (Å²) in [4.78, 5) is 14.5. The molecule has 2 aromatic carbocycles. The average molecular weight is 361 g/mol. The SMILES string of the molecule is Cc1ccc(N)cc1C(=O)NC1CCN(c2ccccc2OC(F)F)C1. The van der Waals surface area contributed by atoms with Crippen LogP contribution in [0.3, 0.4) is 0 Å². The number of hydrogen-bond acceptors (Lipinski definition) is 4. The molecule has 0 radical (unpaired) electrons. The maximum Gasteiger partial charge on any atom is 0.387 e. The lowest BCUT2D eigenvalue weighted by atomic mass is 10.1. The van der Waals surface area contributed by atoms with Gasteiger partial charge in [0, 0.05) is 30.4 Å². The molecule has 7 heteroatoms. The van der Waals surface area contributed by atoms with Crippen molar-refractivity contribution in [2.24, 2.45) is 0 Å². The number of amides is 1. The van der Waals surface area contributed by atoms with Crippen LogP contribution in [0.5, 0.6) is 5.75 Å². The van der Waals surface area contributed by atoms with E-state index in [1.165, 1.54) is 6.07 Å². The van der Waals surface area contributed by atoms with Crippen LogP contribution in [0.4, 0.5) is 20.2 Å². The van der Waals surface area contributed by atoms with E-state index in [1.807, 2.05) is 17.9 Å². The number of ether oxygens (including phenoxy) is 1. The summed E-state index contributed by atoms with van der Waals surface area (Å²) in [5.74, 6) is -0.0417. The fourth-order valence-electron chi connectivity index (χ4n) is 3.16. The Labute approximate surface area is 150 Å². The Morgan fingerprint density at radius 1 is 1.31 bits per heavy atom. The molecule has 1 unspecified atom stereocenters. The third-order valence-corrected chi connectivity index (χ3v) is 4.45. The van der Waals surface area contributed by atoms with Crippen molar-refractivity contribution in [2.45, 2.75) is 26.0 Å². The summed E-state index contributed by atoms with van der Waals surface area (Å²) >= 11 is 0. The molecule has 3 N–H and O–H groups in total. The zero-order chi connectivity index (χ0) is 18.7. The molecule has 1 amide bonds. The highest BCUT2D eigenvalue weighted by atomic mass is 19.3.